The lowest BCUT2D eigenvalue weighted by atomic mass is 9.99. The Morgan fingerprint density at radius 2 is 1.92 bits per heavy atom. The van der Waals surface area contributed by atoms with Crippen LogP contribution in [0.5, 0.6) is 0 Å². The summed E-state index contributed by atoms with van der Waals surface area (Å²) in [5.41, 5.74) is -1.92. The largest absolute Gasteiger partial charge is 0.396 e. The molecule has 1 rings (SSSR count). The van der Waals surface area contributed by atoms with Gasteiger partial charge in [0.2, 0.25) is 0 Å². The minimum atomic E-state index is -4.34. The van der Waals surface area contributed by atoms with Crippen LogP contribution in [0.4, 0.5) is 13.2 Å². The van der Waals surface area contributed by atoms with E-state index in [0.29, 0.717) is 0 Å². The van der Waals surface area contributed by atoms with Crippen molar-refractivity contribution in [3.63, 3.8) is 0 Å². The Hall–Kier alpha value is -0.250. The van der Waals surface area contributed by atoms with Crippen molar-refractivity contribution < 1.29 is 18.0 Å². The molecule has 0 saturated heterocycles. The number of hydrogen-bond acceptors (Lipinski definition) is 1. The summed E-state index contributed by atoms with van der Waals surface area (Å²) in [6.45, 7) is 1.09. The van der Waals surface area contributed by atoms with Crippen molar-refractivity contribution in [3.05, 3.63) is 0 Å². The molecule has 0 unspecified atom stereocenters. The Labute approximate surface area is 72.9 Å². The summed E-state index contributed by atoms with van der Waals surface area (Å²) in [5.74, 6) is -0.605. The van der Waals surface area contributed by atoms with E-state index in [0.717, 1.165) is 6.92 Å². The zero-order chi connectivity index (χ0) is 9.57. The molecule has 1 fully saturated rings. The van der Waals surface area contributed by atoms with Gasteiger partial charge in [0.15, 0.2) is 0 Å². The van der Waals surface area contributed by atoms with Gasteiger partial charge in [0.25, 0.3) is 0 Å². The van der Waals surface area contributed by atoms with Crippen molar-refractivity contribution >= 4 is 17.4 Å². The Morgan fingerprint density at radius 3 is 2.00 bits per heavy atom. The van der Waals surface area contributed by atoms with Crippen molar-refractivity contribution in [1.29, 1.82) is 0 Å². The second-order valence-corrected chi connectivity index (χ2v) is 3.56. The van der Waals surface area contributed by atoms with Crippen molar-refractivity contribution in [3.8, 4) is 0 Å². The van der Waals surface area contributed by atoms with Crippen LogP contribution in [-0.2, 0) is 4.79 Å². The molecule has 0 aliphatic heterocycles. The number of alkyl halides is 4. The van der Waals surface area contributed by atoms with Crippen LogP contribution in [0.25, 0.3) is 0 Å². The molecule has 1 saturated carbocycles. The maximum Gasteiger partial charge on any atom is 0.396 e. The smallest absolute Gasteiger partial charge is 0.298 e. The molecule has 5 heteroatoms. The van der Waals surface area contributed by atoms with E-state index in [4.69, 9.17) is 11.6 Å². The Bertz CT molecular complexity index is 207. The molecule has 1 aliphatic rings. The molecule has 0 aromatic carbocycles. The molecule has 1 nitrogen and oxygen atoms in total. The third-order valence-electron chi connectivity index (χ3n) is 2.20. The quantitative estimate of drug-likeness (QED) is 0.626. The minimum absolute atomic E-state index is 0.0236. The normalized spacial score (nSPS) is 23.4. The molecule has 0 heterocycles. The highest BCUT2D eigenvalue weighted by Crippen LogP contribution is 2.61. The zero-order valence-electron chi connectivity index (χ0n) is 6.41. The first-order valence-electron chi connectivity index (χ1n) is 3.52. The number of carbonyl (C=O) groups is 1. The number of rotatable bonds is 2. The van der Waals surface area contributed by atoms with E-state index in [1.807, 2.05) is 0 Å². The summed E-state index contributed by atoms with van der Waals surface area (Å²) in [6, 6.07) is 0. The lowest BCUT2D eigenvalue weighted by Crippen LogP contribution is -2.36. The Balaban J connectivity index is 2.80. The van der Waals surface area contributed by atoms with Gasteiger partial charge in [0.05, 0.1) is 5.41 Å². The molecule has 0 N–H and O–H groups in total. The predicted molar refractivity (Wildman–Crippen MR) is 38.0 cm³/mol. The van der Waals surface area contributed by atoms with Crippen LogP contribution in [-0.4, -0.2) is 17.3 Å². The van der Waals surface area contributed by atoms with Gasteiger partial charge in [-0.2, -0.15) is 13.2 Å². The van der Waals surface area contributed by atoms with Gasteiger partial charge in [0.1, 0.15) is 11.2 Å². The summed E-state index contributed by atoms with van der Waals surface area (Å²) in [7, 11) is 0. The Kier molecular flexibility index (Phi) is 2.15. The second kappa shape index (κ2) is 2.62. The van der Waals surface area contributed by atoms with E-state index >= 15 is 0 Å². The van der Waals surface area contributed by atoms with E-state index in [2.05, 4.69) is 0 Å². The zero-order valence-corrected chi connectivity index (χ0v) is 7.17. The molecule has 1 atom stereocenters. The van der Waals surface area contributed by atoms with E-state index in [-0.39, 0.29) is 12.8 Å². The van der Waals surface area contributed by atoms with Crippen LogP contribution in [0.3, 0.4) is 0 Å². The topological polar surface area (TPSA) is 17.1 Å². The van der Waals surface area contributed by atoms with E-state index in [1.54, 1.807) is 0 Å². The van der Waals surface area contributed by atoms with Crippen LogP contribution < -0.4 is 0 Å². The fourth-order valence-corrected chi connectivity index (χ4v) is 1.55. The summed E-state index contributed by atoms with van der Waals surface area (Å²) in [5, 5.41) is -1.41. The molecular formula is C7H8ClF3O. The van der Waals surface area contributed by atoms with E-state index < -0.39 is 22.8 Å². The van der Waals surface area contributed by atoms with Crippen molar-refractivity contribution in [1.82, 2.24) is 0 Å². The van der Waals surface area contributed by atoms with Gasteiger partial charge >= 0.3 is 6.18 Å². The van der Waals surface area contributed by atoms with Gasteiger partial charge in [-0.25, -0.2) is 0 Å². The molecular weight excluding hydrogens is 193 g/mol. The number of carbonyl (C=O) groups excluding carboxylic acids is 1. The molecule has 0 aromatic heterocycles. The fourth-order valence-electron chi connectivity index (χ4n) is 1.20. The van der Waals surface area contributed by atoms with Gasteiger partial charge in [0, 0.05) is 0 Å². The molecule has 0 radical (unpaired) electrons. The lowest BCUT2D eigenvalue weighted by Gasteiger charge is -2.22. The first-order valence-corrected chi connectivity index (χ1v) is 3.96. The highest BCUT2D eigenvalue weighted by molar-refractivity contribution is 6.31. The van der Waals surface area contributed by atoms with Crippen LogP contribution >= 0.6 is 11.6 Å². The highest BCUT2D eigenvalue weighted by Gasteiger charge is 2.68. The average Bonchev–Trinajstić information content (AvgIpc) is 2.62. The standard InChI is InChI=1S/C7H8ClF3O/c1-4(12)5(8)6(2-3-6)7(9,10)11/h5H,2-3H2,1H3/t5-/m1/s1. The maximum absolute atomic E-state index is 12.3. The number of hydrogen-bond donors (Lipinski definition) is 0. The van der Waals surface area contributed by atoms with Crippen LogP contribution in [0.2, 0.25) is 0 Å². The maximum atomic E-state index is 12.3. The van der Waals surface area contributed by atoms with Crippen LogP contribution in [0, 0.1) is 5.41 Å². The van der Waals surface area contributed by atoms with Crippen molar-refractivity contribution in [2.24, 2.45) is 5.41 Å². The van der Waals surface area contributed by atoms with Gasteiger partial charge < -0.3 is 0 Å². The second-order valence-electron chi connectivity index (χ2n) is 3.13. The first kappa shape index (κ1) is 9.84. The molecule has 0 aromatic rings. The molecule has 12 heavy (non-hydrogen) atoms. The summed E-state index contributed by atoms with van der Waals surface area (Å²) in [4.78, 5) is 10.6. The average molecular weight is 201 g/mol. The number of halogens is 4. The Morgan fingerprint density at radius 1 is 1.50 bits per heavy atom. The van der Waals surface area contributed by atoms with Crippen LogP contribution in [0.15, 0.2) is 0 Å². The molecule has 1 aliphatic carbocycles. The monoisotopic (exact) mass is 200 g/mol. The van der Waals surface area contributed by atoms with Crippen LogP contribution in [0.1, 0.15) is 19.8 Å². The van der Waals surface area contributed by atoms with E-state index in [9.17, 15) is 18.0 Å². The third-order valence-corrected chi connectivity index (χ3v) is 2.92. The SMILES string of the molecule is CC(=O)[C@@H](Cl)C1(C(F)(F)F)CC1. The molecule has 70 valence electrons. The molecule has 0 bridgehead atoms. The van der Waals surface area contributed by atoms with Gasteiger partial charge in [-0.15, -0.1) is 11.6 Å². The molecule has 0 spiro atoms. The first-order chi connectivity index (χ1) is 5.31. The fraction of sp³-hybridized carbons (Fsp3) is 0.857. The minimum Gasteiger partial charge on any atom is -0.298 e. The highest BCUT2D eigenvalue weighted by atomic mass is 35.5. The number of Topliss-reactive ketones (excluding diaryl/α,β-unsaturated/α-hetero) is 1. The summed E-state index contributed by atoms with van der Waals surface area (Å²) >= 11 is 5.38. The molecule has 0 amide bonds. The number of ketones is 1. The summed E-state index contributed by atoms with van der Waals surface area (Å²) in [6.07, 6.45) is -4.39. The van der Waals surface area contributed by atoms with Crippen molar-refractivity contribution in [2.75, 3.05) is 0 Å². The van der Waals surface area contributed by atoms with Crippen molar-refractivity contribution in [2.45, 2.75) is 31.3 Å². The summed E-state index contributed by atoms with van der Waals surface area (Å²) < 4.78 is 36.8. The van der Waals surface area contributed by atoms with E-state index in [1.165, 1.54) is 0 Å². The van der Waals surface area contributed by atoms with Gasteiger partial charge in [-0.3, -0.25) is 4.79 Å². The predicted octanol–water partition coefficient (Wildman–Crippen LogP) is 2.53. The van der Waals surface area contributed by atoms with Gasteiger partial charge in [-0.05, 0) is 19.8 Å². The third kappa shape index (κ3) is 1.32. The lowest BCUT2D eigenvalue weighted by molar-refractivity contribution is -0.188. The van der Waals surface area contributed by atoms with Gasteiger partial charge in [-0.1, -0.05) is 0 Å².